The molecule has 1 aliphatic heterocycles. The highest BCUT2D eigenvalue weighted by molar-refractivity contribution is 5.64. The van der Waals surface area contributed by atoms with E-state index in [1.165, 1.54) is 56.4 Å². The molecule has 0 aliphatic carbocycles. The first-order valence-electron chi connectivity index (χ1n) is 8.92. The van der Waals surface area contributed by atoms with Gasteiger partial charge in [-0.3, -0.25) is 0 Å². The third kappa shape index (κ3) is 5.11. The summed E-state index contributed by atoms with van der Waals surface area (Å²) in [7, 11) is 0. The number of rotatable bonds is 8. The van der Waals surface area contributed by atoms with Crippen molar-refractivity contribution in [2.24, 2.45) is 0 Å². The van der Waals surface area contributed by atoms with Crippen molar-refractivity contribution in [3.05, 3.63) is 54.6 Å². The largest absolute Gasteiger partial charge is 1.00 e. The number of ether oxygens (including phenoxy) is 1. The maximum atomic E-state index is 5.93. The molecule has 2 heteroatoms. The maximum absolute atomic E-state index is 5.93. The van der Waals surface area contributed by atoms with E-state index in [0.717, 1.165) is 18.8 Å². The molecule has 0 spiro atoms. The molecule has 1 saturated heterocycles. The van der Waals surface area contributed by atoms with Gasteiger partial charge in [0.25, 0.3) is 0 Å². The third-order valence-corrected chi connectivity index (χ3v) is 4.53. The lowest BCUT2D eigenvalue weighted by molar-refractivity contribution is 0.290. The Kier molecular flexibility index (Phi) is 6.10. The summed E-state index contributed by atoms with van der Waals surface area (Å²) < 4.78 is 5.93. The summed E-state index contributed by atoms with van der Waals surface area (Å²) >= 11 is 0. The van der Waals surface area contributed by atoms with Gasteiger partial charge in [-0.1, -0.05) is 42.5 Å². The second-order valence-electron chi connectivity index (χ2n) is 6.35. The van der Waals surface area contributed by atoms with E-state index in [9.17, 15) is 0 Å². The zero-order chi connectivity index (χ0) is 15.7. The summed E-state index contributed by atoms with van der Waals surface area (Å²) in [6.45, 7) is 4.70. The minimum absolute atomic E-state index is 0. The van der Waals surface area contributed by atoms with Crippen molar-refractivity contribution in [2.45, 2.75) is 32.1 Å². The minimum Gasteiger partial charge on any atom is -0.494 e. The SMILES string of the molecule is [H+].c1ccc(-c2cccc(OCCCCCN3CCCC3)c2)cc1. The van der Waals surface area contributed by atoms with Crippen molar-refractivity contribution in [2.75, 3.05) is 26.2 Å². The van der Waals surface area contributed by atoms with Gasteiger partial charge in [0, 0.05) is 0 Å². The Morgan fingerprint density at radius 3 is 2.43 bits per heavy atom. The quantitative estimate of drug-likeness (QED) is 0.628. The Bertz CT molecular complexity index is 581. The van der Waals surface area contributed by atoms with Gasteiger partial charge in [-0.2, -0.15) is 0 Å². The second-order valence-corrected chi connectivity index (χ2v) is 6.35. The minimum atomic E-state index is 0. The number of likely N-dealkylation sites (tertiary alicyclic amines) is 1. The number of hydrogen-bond donors (Lipinski definition) is 0. The average molecular weight is 310 g/mol. The standard InChI is InChI=1S/C21H27NO/c1-3-10-19(11-4-1)20-12-9-13-21(18-20)23-17-8-2-5-14-22-15-6-7-16-22/h1,3-4,9-13,18H,2,5-8,14-17H2/p+1. The molecule has 0 bridgehead atoms. The molecular weight excluding hydrogens is 282 g/mol. The predicted molar refractivity (Wildman–Crippen MR) is 98.0 cm³/mol. The highest BCUT2D eigenvalue weighted by atomic mass is 16.5. The van der Waals surface area contributed by atoms with Crippen molar-refractivity contribution in [3.63, 3.8) is 0 Å². The van der Waals surface area contributed by atoms with Crippen LogP contribution in [0, 0.1) is 0 Å². The van der Waals surface area contributed by atoms with Crippen molar-refractivity contribution >= 4 is 0 Å². The van der Waals surface area contributed by atoms with Crippen LogP contribution in [0.1, 0.15) is 33.5 Å². The van der Waals surface area contributed by atoms with Crippen LogP contribution < -0.4 is 4.74 Å². The predicted octanol–water partition coefficient (Wildman–Crippen LogP) is 5.11. The fourth-order valence-electron chi connectivity index (χ4n) is 3.21. The molecule has 0 aromatic heterocycles. The van der Waals surface area contributed by atoms with Gasteiger partial charge in [0.1, 0.15) is 5.75 Å². The van der Waals surface area contributed by atoms with Crippen molar-refractivity contribution < 1.29 is 6.16 Å². The van der Waals surface area contributed by atoms with Gasteiger partial charge in [-0.15, -0.1) is 0 Å². The van der Waals surface area contributed by atoms with Gasteiger partial charge in [-0.05, 0) is 75.0 Å². The van der Waals surface area contributed by atoms with Crippen molar-refractivity contribution in [3.8, 4) is 16.9 Å². The maximum Gasteiger partial charge on any atom is 1.00 e. The smallest absolute Gasteiger partial charge is 0.494 e. The van der Waals surface area contributed by atoms with Gasteiger partial charge >= 0.3 is 1.43 Å². The van der Waals surface area contributed by atoms with Crippen LogP contribution in [0.2, 0.25) is 0 Å². The zero-order valence-electron chi connectivity index (χ0n) is 14.9. The van der Waals surface area contributed by atoms with Crippen LogP contribution >= 0.6 is 0 Å². The summed E-state index contributed by atoms with van der Waals surface area (Å²) in [4.78, 5) is 2.59. The van der Waals surface area contributed by atoms with E-state index < -0.39 is 0 Å². The number of hydrogen-bond acceptors (Lipinski definition) is 2. The molecule has 1 fully saturated rings. The van der Waals surface area contributed by atoms with E-state index >= 15 is 0 Å². The van der Waals surface area contributed by atoms with Crippen LogP contribution in [0.25, 0.3) is 11.1 Å². The first-order valence-corrected chi connectivity index (χ1v) is 8.92. The highest BCUT2D eigenvalue weighted by Gasteiger charge is 2.09. The molecule has 3 rings (SSSR count). The average Bonchev–Trinajstić information content (AvgIpc) is 3.12. The van der Waals surface area contributed by atoms with Gasteiger partial charge in [0.05, 0.1) is 6.61 Å². The Morgan fingerprint density at radius 2 is 1.61 bits per heavy atom. The highest BCUT2D eigenvalue weighted by Crippen LogP contribution is 2.23. The van der Waals surface area contributed by atoms with E-state index in [1.54, 1.807) is 0 Å². The molecule has 1 heterocycles. The Morgan fingerprint density at radius 1 is 0.826 bits per heavy atom. The first kappa shape index (κ1) is 16.1. The number of benzene rings is 2. The van der Waals surface area contributed by atoms with Gasteiger partial charge < -0.3 is 9.64 Å². The van der Waals surface area contributed by atoms with Gasteiger partial charge in [0.2, 0.25) is 0 Å². The lowest BCUT2D eigenvalue weighted by Gasteiger charge is -2.14. The van der Waals surface area contributed by atoms with Crippen LogP contribution in [-0.4, -0.2) is 31.1 Å². The van der Waals surface area contributed by atoms with Crippen LogP contribution in [0.4, 0.5) is 0 Å². The summed E-state index contributed by atoms with van der Waals surface area (Å²) in [5.41, 5.74) is 2.46. The van der Waals surface area contributed by atoms with Crippen LogP contribution in [0.15, 0.2) is 54.6 Å². The van der Waals surface area contributed by atoms with Crippen molar-refractivity contribution in [1.82, 2.24) is 4.90 Å². The third-order valence-electron chi connectivity index (χ3n) is 4.53. The Hall–Kier alpha value is -1.80. The molecule has 2 aromatic carbocycles. The lowest BCUT2D eigenvalue weighted by atomic mass is 10.1. The molecule has 1 aliphatic rings. The van der Waals surface area contributed by atoms with Crippen LogP contribution in [0.5, 0.6) is 5.75 Å². The second kappa shape index (κ2) is 8.73. The molecule has 2 nitrogen and oxygen atoms in total. The van der Waals surface area contributed by atoms with E-state index in [-0.39, 0.29) is 1.43 Å². The molecule has 0 atom stereocenters. The van der Waals surface area contributed by atoms with Gasteiger partial charge in [0.15, 0.2) is 0 Å². The summed E-state index contributed by atoms with van der Waals surface area (Å²) in [6, 6.07) is 18.9. The van der Waals surface area contributed by atoms with Crippen LogP contribution in [-0.2, 0) is 0 Å². The summed E-state index contributed by atoms with van der Waals surface area (Å²) in [5.74, 6) is 0.978. The fraction of sp³-hybridized carbons (Fsp3) is 0.429. The molecular formula is C21H28NO+. The number of unbranched alkanes of at least 4 members (excludes halogenated alkanes) is 2. The molecule has 122 valence electrons. The topological polar surface area (TPSA) is 12.5 Å². The fourth-order valence-corrected chi connectivity index (χ4v) is 3.21. The van der Waals surface area contributed by atoms with Gasteiger partial charge in [-0.25, -0.2) is 0 Å². The molecule has 0 amide bonds. The lowest BCUT2D eigenvalue weighted by Crippen LogP contribution is -2.20. The monoisotopic (exact) mass is 310 g/mol. The van der Waals surface area contributed by atoms with E-state index in [2.05, 4.69) is 53.4 Å². The van der Waals surface area contributed by atoms with Crippen molar-refractivity contribution in [1.29, 1.82) is 0 Å². The zero-order valence-corrected chi connectivity index (χ0v) is 13.9. The molecule has 0 N–H and O–H groups in total. The molecule has 0 saturated carbocycles. The van der Waals surface area contributed by atoms with E-state index in [4.69, 9.17) is 4.74 Å². The molecule has 2 aromatic rings. The molecule has 0 unspecified atom stereocenters. The Labute approximate surface area is 141 Å². The molecule has 0 radical (unpaired) electrons. The van der Waals surface area contributed by atoms with E-state index in [1.807, 2.05) is 6.07 Å². The van der Waals surface area contributed by atoms with Crippen LogP contribution in [0.3, 0.4) is 0 Å². The normalized spacial score (nSPS) is 15.0. The summed E-state index contributed by atoms with van der Waals surface area (Å²) in [6.07, 6.45) is 6.48. The molecule has 23 heavy (non-hydrogen) atoms. The Balaban J connectivity index is 0.00000208. The summed E-state index contributed by atoms with van der Waals surface area (Å²) in [5, 5.41) is 0. The number of nitrogens with zero attached hydrogens (tertiary/aromatic N) is 1. The van der Waals surface area contributed by atoms with E-state index in [0.29, 0.717) is 0 Å². The first-order chi connectivity index (χ1) is 11.4.